The summed E-state index contributed by atoms with van der Waals surface area (Å²) in [5, 5.41) is 2.92. The van der Waals surface area contributed by atoms with Crippen LogP contribution in [0.3, 0.4) is 0 Å². The monoisotopic (exact) mass is 275 g/mol. The number of carbonyl (C=O) groups excluding carboxylic acids is 1. The zero-order valence-corrected chi connectivity index (χ0v) is 11.6. The number of hydrogen-bond acceptors (Lipinski definition) is 3. The van der Waals surface area contributed by atoms with Crippen LogP contribution >= 0.6 is 0 Å². The van der Waals surface area contributed by atoms with Crippen molar-refractivity contribution in [2.24, 2.45) is 5.41 Å². The van der Waals surface area contributed by atoms with Crippen molar-refractivity contribution < 1.29 is 14.3 Å². The molecular formula is C16H21NO3. The molecule has 1 aromatic carbocycles. The molecule has 1 saturated carbocycles. The van der Waals surface area contributed by atoms with Crippen molar-refractivity contribution in [3.05, 3.63) is 35.9 Å². The van der Waals surface area contributed by atoms with Crippen LogP contribution in [-0.2, 0) is 16.1 Å². The van der Waals surface area contributed by atoms with Crippen LogP contribution in [0.4, 0.5) is 4.79 Å². The standard InChI is InChI=1S/C16H21NO3/c18-15(20-11-13-5-2-1-3-6-13)17-12-16-8-4-7-14(16)19-10-9-16/h1-3,5-6,14H,4,7-12H2,(H,17,18)/t14-,16-/m1/s1. The number of nitrogens with one attached hydrogen (secondary N) is 1. The minimum absolute atomic E-state index is 0.158. The number of fused-ring (bicyclic) bond motifs is 1. The van der Waals surface area contributed by atoms with E-state index in [0.29, 0.717) is 19.3 Å². The average Bonchev–Trinajstić information content (AvgIpc) is 3.04. The van der Waals surface area contributed by atoms with Gasteiger partial charge in [0.15, 0.2) is 0 Å². The molecule has 0 spiro atoms. The van der Waals surface area contributed by atoms with Crippen LogP contribution in [0.25, 0.3) is 0 Å². The van der Waals surface area contributed by atoms with Crippen molar-refractivity contribution in [3.8, 4) is 0 Å². The van der Waals surface area contributed by atoms with Gasteiger partial charge in [0.25, 0.3) is 0 Å². The van der Waals surface area contributed by atoms with Crippen molar-refractivity contribution in [2.45, 2.75) is 38.4 Å². The van der Waals surface area contributed by atoms with Gasteiger partial charge in [0.2, 0.25) is 0 Å². The Labute approximate surface area is 119 Å². The maximum Gasteiger partial charge on any atom is 0.407 e. The molecule has 108 valence electrons. The van der Waals surface area contributed by atoms with Gasteiger partial charge >= 0.3 is 6.09 Å². The third-order valence-corrected chi connectivity index (χ3v) is 4.54. The molecule has 3 rings (SSSR count). The molecule has 1 aliphatic heterocycles. The summed E-state index contributed by atoms with van der Waals surface area (Å²) < 4.78 is 11.0. The van der Waals surface area contributed by atoms with Crippen LogP contribution < -0.4 is 5.32 Å². The molecule has 0 radical (unpaired) electrons. The zero-order chi connectivity index (χ0) is 13.8. The van der Waals surface area contributed by atoms with Crippen LogP contribution in [-0.4, -0.2) is 25.3 Å². The number of rotatable bonds is 4. The molecule has 4 nitrogen and oxygen atoms in total. The Bertz CT molecular complexity index is 450. The van der Waals surface area contributed by atoms with E-state index in [4.69, 9.17) is 9.47 Å². The fourth-order valence-electron chi connectivity index (χ4n) is 3.37. The molecular weight excluding hydrogens is 254 g/mol. The average molecular weight is 275 g/mol. The Hall–Kier alpha value is -1.55. The molecule has 1 aromatic rings. The van der Waals surface area contributed by atoms with Crippen molar-refractivity contribution in [1.82, 2.24) is 5.32 Å². The number of alkyl carbamates (subject to hydrolysis) is 1. The molecule has 1 saturated heterocycles. The molecule has 0 aromatic heterocycles. The minimum atomic E-state index is -0.333. The van der Waals surface area contributed by atoms with Gasteiger partial charge in [-0.15, -0.1) is 0 Å². The summed E-state index contributed by atoms with van der Waals surface area (Å²) in [7, 11) is 0. The highest BCUT2D eigenvalue weighted by molar-refractivity contribution is 5.67. The van der Waals surface area contributed by atoms with Crippen molar-refractivity contribution in [1.29, 1.82) is 0 Å². The topological polar surface area (TPSA) is 47.6 Å². The Morgan fingerprint density at radius 3 is 3.05 bits per heavy atom. The molecule has 0 bridgehead atoms. The normalized spacial score (nSPS) is 28.1. The van der Waals surface area contributed by atoms with Gasteiger partial charge in [0, 0.05) is 18.6 Å². The molecule has 2 atom stereocenters. The van der Waals surface area contributed by atoms with E-state index in [2.05, 4.69) is 5.32 Å². The van der Waals surface area contributed by atoms with Gasteiger partial charge in [-0.1, -0.05) is 36.8 Å². The van der Waals surface area contributed by atoms with E-state index in [-0.39, 0.29) is 11.5 Å². The van der Waals surface area contributed by atoms with Crippen molar-refractivity contribution in [3.63, 3.8) is 0 Å². The van der Waals surface area contributed by atoms with Crippen LogP contribution in [0.2, 0.25) is 0 Å². The van der Waals surface area contributed by atoms with E-state index in [9.17, 15) is 4.79 Å². The molecule has 20 heavy (non-hydrogen) atoms. The second-order valence-electron chi connectivity index (χ2n) is 5.78. The summed E-state index contributed by atoms with van der Waals surface area (Å²) in [5.74, 6) is 0. The highest BCUT2D eigenvalue weighted by atomic mass is 16.5. The SMILES string of the molecule is O=C(NC[C@]12CCC[C@H]1OCC2)OCc1ccccc1. The van der Waals surface area contributed by atoms with Gasteiger partial charge in [-0.05, 0) is 24.8 Å². The molecule has 4 heteroatoms. The second kappa shape index (κ2) is 5.83. The molecule has 1 aliphatic carbocycles. The molecule has 1 heterocycles. The maximum atomic E-state index is 11.8. The summed E-state index contributed by atoms with van der Waals surface area (Å²) in [6.07, 6.45) is 4.53. The van der Waals surface area contributed by atoms with Crippen molar-refractivity contribution >= 4 is 6.09 Å². The predicted octanol–water partition coefficient (Wildman–Crippen LogP) is 2.87. The first-order valence-electron chi connectivity index (χ1n) is 7.35. The Kier molecular flexibility index (Phi) is 3.92. The lowest BCUT2D eigenvalue weighted by atomic mass is 9.83. The molecule has 1 amide bonds. The summed E-state index contributed by atoms with van der Waals surface area (Å²) in [6.45, 7) is 1.82. The molecule has 2 fully saturated rings. The largest absolute Gasteiger partial charge is 0.445 e. The van der Waals surface area contributed by atoms with E-state index in [1.165, 1.54) is 6.42 Å². The highest BCUT2D eigenvalue weighted by Crippen LogP contribution is 2.46. The fourth-order valence-corrected chi connectivity index (χ4v) is 3.37. The summed E-state index contributed by atoms with van der Waals surface area (Å²) in [6, 6.07) is 9.72. The zero-order valence-electron chi connectivity index (χ0n) is 11.6. The first kappa shape index (κ1) is 13.4. The fraction of sp³-hybridized carbons (Fsp3) is 0.562. The van der Waals surface area contributed by atoms with Crippen LogP contribution in [0.15, 0.2) is 30.3 Å². The number of carbonyl (C=O) groups is 1. The van der Waals surface area contributed by atoms with Gasteiger partial charge in [0.05, 0.1) is 6.10 Å². The Balaban J connectivity index is 1.45. The summed E-state index contributed by atoms with van der Waals surface area (Å²) in [5.41, 5.74) is 1.16. The van der Waals surface area contributed by atoms with Gasteiger partial charge in [-0.2, -0.15) is 0 Å². The Morgan fingerprint density at radius 1 is 1.35 bits per heavy atom. The van der Waals surface area contributed by atoms with E-state index in [1.54, 1.807) is 0 Å². The van der Waals surface area contributed by atoms with E-state index in [0.717, 1.165) is 31.4 Å². The summed E-state index contributed by atoms with van der Waals surface area (Å²) >= 11 is 0. The molecule has 1 N–H and O–H groups in total. The number of ether oxygens (including phenoxy) is 2. The third-order valence-electron chi connectivity index (χ3n) is 4.54. The minimum Gasteiger partial charge on any atom is -0.445 e. The lowest BCUT2D eigenvalue weighted by Crippen LogP contribution is -2.40. The number of amides is 1. The lowest BCUT2D eigenvalue weighted by Gasteiger charge is -2.27. The number of benzene rings is 1. The van der Waals surface area contributed by atoms with Gasteiger partial charge in [-0.3, -0.25) is 0 Å². The van der Waals surface area contributed by atoms with Gasteiger partial charge in [0.1, 0.15) is 6.61 Å². The van der Waals surface area contributed by atoms with E-state index < -0.39 is 0 Å². The van der Waals surface area contributed by atoms with Crippen LogP contribution in [0.5, 0.6) is 0 Å². The number of hydrogen-bond donors (Lipinski definition) is 1. The van der Waals surface area contributed by atoms with Crippen molar-refractivity contribution in [2.75, 3.05) is 13.2 Å². The highest BCUT2D eigenvalue weighted by Gasteiger charge is 2.47. The molecule has 2 aliphatic rings. The van der Waals surface area contributed by atoms with E-state index in [1.807, 2.05) is 30.3 Å². The second-order valence-corrected chi connectivity index (χ2v) is 5.78. The summed E-state index contributed by atoms with van der Waals surface area (Å²) in [4.78, 5) is 11.8. The predicted molar refractivity (Wildman–Crippen MR) is 75.3 cm³/mol. The third kappa shape index (κ3) is 2.80. The van der Waals surface area contributed by atoms with Crippen LogP contribution in [0.1, 0.15) is 31.2 Å². The molecule has 0 unspecified atom stereocenters. The first-order chi connectivity index (χ1) is 9.78. The van der Waals surface area contributed by atoms with Crippen LogP contribution in [0, 0.1) is 5.41 Å². The quantitative estimate of drug-likeness (QED) is 0.919. The first-order valence-corrected chi connectivity index (χ1v) is 7.35. The Morgan fingerprint density at radius 2 is 2.20 bits per heavy atom. The van der Waals surface area contributed by atoms with Gasteiger partial charge < -0.3 is 14.8 Å². The lowest BCUT2D eigenvalue weighted by molar-refractivity contribution is 0.0679. The van der Waals surface area contributed by atoms with E-state index >= 15 is 0 Å². The maximum absolute atomic E-state index is 11.8. The smallest absolute Gasteiger partial charge is 0.407 e. The van der Waals surface area contributed by atoms with Gasteiger partial charge in [-0.25, -0.2) is 4.79 Å².